The van der Waals surface area contributed by atoms with E-state index >= 15 is 0 Å². The van der Waals surface area contributed by atoms with Gasteiger partial charge in [-0.05, 0) is 38.0 Å². The van der Waals surface area contributed by atoms with Crippen molar-refractivity contribution in [3.63, 3.8) is 0 Å². The van der Waals surface area contributed by atoms with Crippen molar-refractivity contribution >= 4 is 5.97 Å². The van der Waals surface area contributed by atoms with Gasteiger partial charge < -0.3 is 18.9 Å². The second kappa shape index (κ2) is 8.11. The Bertz CT molecular complexity index is 329. The normalized spacial score (nSPS) is 31.6. The lowest BCUT2D eigenvalue weighted by Crippen LogP contribution is -2.29. The maximum absolute atomic E-state index is 11.1. The van der Waals surface area contributed by atoms with E-state index in [1.807, 2.05) is 0 Å². The van der Waals surface area contributed by atoms with E-state index in [2.05, 4.69) is 4.74 Å². The number of carbonyl (C=O) groups excluding carboxylic acids is 1. The van der Waals surface area contributed by atoms with Gasteiger partial charge in [0.15, 0.2) is 6.29 Å². The van der Waals surface area contributed by atoms with Gasteiger partial charge in [-0.2, -0.15) is 0 Å². The van der Waals surface area contributed by atoms with E-state index in [1.165, 1.54) is 7.11 Å². The fourth-order valence-corrected chi connectivity index (χ4v) is 3.88. The molecule has 1 aliphatic heterocycles. The Morgan fingerprint density at radius 1 is 1.19 bits per heavy atom. The van der Waals surface area contributed by atoms with Crippen LogP contribution in [0.3, 0.4) is 0 Å². The third-order valence-electron chi connectivity index (χ3n) is 4.91. The molecule has 0 aromatic rings. The fourth-order valence-electron chi connectivity index (χ4n) is 3.88. The van der Waals surface area contributed by atoms with Gasteiger partial charge in [0.1, 0.15) is 0 Å². The van der Waals surface area contributed by atoms with Gasteiger partial charge in [-0.3, -0.25) is 4.79 Å². The van der Waals surface area contributed by atoms with Gasteiger partial charge in [0.25, 0.3) is 0 Å². The van der Waals surface area contributed by atoms with Crippen LogP contribution in [0.5, 0.6) is 0 Å². The van der Waals surface area contributed by atoms with Crippen molar-refractivity contribution in [3.05, 3.63) is 0 Å². The zero-order chi connectivity index (χ0) is 15.2. The molecule has 1 aliphatic carbocycles. The number of carbonyl (C=O) groups is 1. The first-order valence-electron chi connectivity index (χ1n) is 7.97. The Morgan fingerprint density at radius 2 is 1.95 bits per heavy atom. The Kier molecular flexibility index (Phi) is 6.45. The summed E-state index contributed by atoms with van der Waals surface area (Å²) in [5, 5.41) is 0. The van der Waals surface area contributed by atoms with Gasteiger partial charge in [-0.15, -0.1) is 0 Å². The first kappa shape index (κ1) is 16.7. The number of methoxy groups -OCH3 is 3. The fraction of sp³-hybridized carbons (Fsp3) is 0.938. The summed E-state index contributed by atoms with van der Waals surface area (Å²) < 4.78 is 21.7. The minimum Gasteiger partial charge on any atom is -0.469 e. The van der Waals surface area contributed by atoms with E-state index < -0.39 is 0 Å². The summed E-state index contributed by atoms with van der Waals surface area (Å²) >= 11 is 0. The van der Waals surface area contributed by atoms with E-state index in [1.54, 1.807) is 14.2 Å². The molecule has 2 fully saturated rings. The van der Waals surface area contributed by atoms with Gasteiger partial charge in [0.2, 0.25) is 0 Å². The smallest absolute Gasteiger partial charge is 0.305 e. The van der Waals surface area contributed by atoms with Gasteiger partial charge in [0.05, 0.1) is 19.3 Å². The molecule has 0 spiro atoms. The highest BCUT2D eigenvalue weighted by atomic mass is 16.7. The SMILES string of the molecule is COC(=O)CCCCC1CC2C(CCC2C(OC)OC)O1. The number of rotatable bonds is 8. The number of fused-ring (bicyclic) bond motifs is 1. The van der Waals surface area contributed by atoms with Gasteiger partial charge in [0, 0.05) is 26.6 Å². The lowest BCUT2D eigenvalue weighted by Gasteiger charge is -2.25. The van der Waals surface area contributed by atoms with E-state index in [4.69, 9.17) is 14.2 Å². The highest BCUT2D eigenvalue weighted by molar-refractivity contribution is 5.68. The number of hydrogen-bond donors (Lipinski definition) is 0. The van der Waals surface area contributed by atoms with Gasteiger partial charge >= 0.3 is 5.97 Å². The zero-order valence-corrected chi connectivity index (χ0v) is 13.4. The van der Waals surface area contributed by atoms with Crippen LogP contribution in [0.2, 0.25) is 0 Å². The molecule has 0 aromatic carbocycles. The van der Waals surface area contributed by atoms with Crippen LogP contribution in [-0.4, -0.2) is 45.8 Å². The molecular weight excluding hydrogens is 272 g/mol. The van der Waals surface area contributed by atoms with Crippen molar-refractivity contribution in [1.29, 1.82) is 0 Å². The molecular formula is C16H28O5. The van der Waals surface area contributed by atoms with Crippen LogP contribution < -0.4 is 0 Å². The van der Waals surface area contributed by atoms with Crippen molar-refractivity contribution in [2.24, 2.45) is 11.8 Å². The molecule has 2 aliphatic rings. The molecule has 1 heterocycles. The summed E-state index contributed by atoms with van der Waals surface area (Å²) in [6.07, 6.45) is 7.34. The molecule has 4 atom stereocenters. The predicted octanol–water partition coefficient (Wildman–Crippen LogP) is 2.52. The highest BCUT2D eigenvalue weighted by Crippen LogP contribution is 2.46. The van der Waals surface area contributed by atoms with E-state index in [-0.39, 0.29) is 12.3 Å². The van der Waals surface area contributed by atoms with Gasteiger partial charge in [-0.1, -0.05) is 6.42 Å². The number of esters is 1. The molecule has 0 N–H and O–H groups in total. The van der Waals surface area contributed by atoms with Crippen molar-refractivity contribution in [1.82, 2.24) is 0 Å². The minimum atomic E-state index is -0.123. The average Bonchev–Trinajstić information content (AvgIpc) is 3.06. The van der Waals surface area contributed by atoms with Crippen LogP contribution in [0.4, 0.5) is 0 Å². The minimum absolute atomic E-state index is 0.110. The predicted molar refractivity (Wildman–Crippen MR) is 77.8 cm³/mol. The number of unbranched alkanes of at least 4 members (excludes halogenated alkanes) is 1. The first-order valence-corrected chi connectivity index (χ1v) is 7.97. The van der Waals surface area contributed by atoms with Crippen molar-refractivity contribution in [3.8, 4) is 0 Å². The van der Waals surface area contributed by atoms with Crippen LogP contribution in [0.25, 0.3) is 0 Å². The molecule has 1 saturated carbocycles. The van der Waals surface area contributed by atoms with E-state index in [9.17, 15) is 4.79 Å². The molecule has 1 saturated heterocycles. The maximum Gasteiger partial charge on any atom is 0.305 e. The van der Waals surface area contributed by atoms with Crippen molar-refractivity contribution in [2.75, 3.05) is 21.3 Å². The van der Waals surface area contributed by atoms with Crippen LogP contribution in [0.15, 0.2) is 0 Å². The molecule has 5 heteroatoms. The third-order valence-corrected chi connectivity index (χ3v) is 4.91. The Hall–Kier alpha value is -0.650. The second-order valence-corrected chi connectivity index (χ2v) is 6.10. The van der Waals surface area contributed by atoms with Crippen LogP contribution in [0.1, 0.15) is 44.9 Å². The molecule has 122 valence electrons. The summed E-state index contributed by atoms with van der Waals surface area (Å²) in [6, 6.07) is 0. The molecule has 5 nitrogen and oxygen atoms in total. The molecule has 2 rings (SSSR count). The van der Waals surface area contributed by atoms with Crippen LogP contribution in [-0.2, 0) is 23.7 Å². The summed E-state index contributed by atoms with van der Waals surface area (Å²) in [7, 11) is 4.86. The zero-order valence-electron chi connectivity index (χ0n) is 13.4. The van der Waals surface area contributed by atoms with Gasteiger partial charge in [-0.25, -0.2) is 0 Å². The highest BCUT2D eigenvalue weighted by Gasteiger charge is 2.47. The first-order chi connectivity index (χ1) is 10.2. The molecule has 0 amide bonds. The Morgan fingerprint density at radius 3 is 2.62 bits per heavy atom. The molecule has 0 aromatic heterocycles. The topological polar surface area (TPSA) is 54.0 Å². The Labute approximate surface area is 127 Å². The van der Waals surface area contributed by atoms with Crippen LogP contribution in [0, 0.1) is 11.8 Å². The summed E-state index contributed by atoms with van der Waals surface area (Å²) in [5.41, 5.74) is 0. The Balaban J connectivity index is 1.72. The molecule has 21 heavy (non-hydrogen) atoms. The van der Waals surface area contributed by atoms with E-state index in [0.29, 0.717) is 30.5 Å². The quantitative estimate of drug-likeness (QED) is 0.392. The van der Waals surface area contributed by atoms with Crippen molar-refractivity contribution < 1.29 is 23.7 Å². The largest absolute Gasteiger partial charge is 0.469 e. The number of hydrogen-bond acceptors (Lipinski definition) is 5. The lowest BCUT2D eigenvalue weighted by atomic mass is 9.90. The van der Waals surface area contributed by atoms with E-state index in [0.717, 1.165) is 38.5 Å². The maximum atomic E-state index is 11.1. The van der Waals surface area contributed by atoms with Crippen LogP contribution >= 0.6 is 0 Å². The lowest BCUT2D eigenvalue weighted by molar-refractivity contribution is -0.145. The average molecular weight is 300 g/mol. The summed E-state index contributed by atoms with van der Waals surface area (Å²) in [5.74, 6) is 0.882. The third kappa shape index (κ3) is 4.18. The second-order valence-electron chi connectivity index (χ2n) is 6.10. The van der Waals surface area contributed by atoms with Crippen molar-refractivity contribution in [2.45, 2.75) is 63.4 Å². The summed E-state index contributed by atoms with van der Waals surface area (Å²) in [4.78, 5) is 11.1. The molecule has 0 radical (unpaired) electrons. The molecule has 0 bridgehead atoms. The summed E-state index contributed by atoms with van der Waals surface area (Å²) in [6.45, 7) is 0. The molecule has 4 unspecified atom stereocenters. The monoisotopic (exact) mass is 300 g/mol. The standard InChI is InChI=1S/C16H28O5/c1-18-15(17)7-5-4-6-11-10-13-12(16(19-2)20-3)8-9-14(13)21-11/h11-14,16H,4-10H2,1-3H3. The number of ether oxygens (including phenoxy) is 4.